The van der Waals surface area contributed by atoms with Gasteiger partial charge in [-0.25, -0.2) is 0 Å². The first-order chi connectivity index (χ1) is 15.5. The summed E-state index contributed by atoms with van der Waals surface area (Å²) in [6.45, 7) is 6.24. The normalized spacial score (nSPS) is 18.3. The quantitative estimate of drug-likeness (QED) is 0.598. The number of aromatic nitrogens is 2. The molecule has 2 aliphatic rings. The van der Waals surface area contributed by atoms with Gasteiger partial charge in [0.15, 0.2) is 5.82 Å². The second-order valence-electron chi connectivity index (χ2n) is 8.78. The number of piperidine rings is 1. The maximum atomic E-state index is 12.4. The molecular weight excluding hydrogens is 422 g/mol. The Hall–Kier alpha value is -2.61. The Balaban J connectivity index is 1.23. The molecule has 1 saturated carbocycles. The van der Waals surface area contributed by atoms with Crippen LogP contribution in [0.25, 0.3) is 0 Å². The molecule has 170 valence electrons. The molecule has 1 aromatic carbocycles. The Bertz CT molecular complexity index is 961. The number of anilines is 1. The van der Waals surface area contributed by atoms with Crippen molar-refractivity contribution in [3.8, 4) is 0 Å². The number of thioether (sulfide) groups is 1. The minimum absolute atomic E-state index is 0.0150. The third kappa shape index (κ3) is 6.22. The summed E-state index contributed by atoms with van der Waals surface area (Å²) in [6, 6.07) is 10.5. The van der Waals surface area contributed by atoms with Crippen LogP contribution in [0.3, 0.4) is 0 Å². The molecule has 2 N–H and O–H groups in total. The first kappa shape index (κ1) is 22.6. The number of aryl methyl sites for hydroxylation is 2. The lowest BCUT2D eigenvalue weighted by Crippen LogP contribution is -2.44. The number of amides is 2. The van der Waals surface area contributed by atoms with Gasteiger partial charge in [0.05, 0.1) is 11.7 Å². The summed E-state index contributed by atoms with van der Waals surface area (Å²) in [5.74, 6) is 1.24. The molecule has 4 rings (SSSR count). The Morgan fingerprint density at radius 1 is 1.09 bits per heavy atom. The number of hydrogen-bond donors (Lipinski definition) is 2. The number of carbonyl (C=O) groups is 2. The Kier molecular flexibility index (Phi) is 7.29. The van der Waals surface area contributed by atoms with Crippen LogP contribution in [-0.4, -0.2) is 46.9 Å². The molecule has 2 heterocycles. The lowest BCUT2D eigenvalue weighted by molar-refractivity contribution is -0.125. The van der Waals surface area contributed by atoms with Crippen LogP contribution in [0, 0.1) is 19.8 Å². The van der Waals surface area contributed by atoms with Crippen LogP contribution >= 0.6 is 11.8 Å². The number of nitrogens with one attached hydrogen (secondary N) is 2. The van der Waals surface area contributed by atoms with Gasteiger partial charge in [-0.3, -0.25) is 9.59 Å². The maximum absolute atomic E-state index is 12.4. The van der Waals surface area contributed by atoms with Crippen LogP contribution in [0.2, 0.25) is 0 Å². The molecule has 7 nitrogen and oxygen atoms in total. The van der Waals surface area contributed by atoms with Gasteiger partial charge < -0.3 is 15.5 Å². The minimum atomic E-state index is -0.0281. The summed E-state index contributed by atoms with van der Waals surface area (Å²) in [6.07, 6.45) is 4.11. The van der Waals surface area contributed by atoms with E-state index in [0.29, 0.717) is 24.9 Å². The fourth-order valence-electron chi connectivity index (χ4n) is 3.81. The van der Waals surface area contributed by atoms with Crippen molar-refractivity contribution >= 4 is 29.4 Å². The highest BCUT2D eigenvalue weighted by Crippen LogP contribution is 2.25. The molecule has 0 unspecified atom stereocenters. The minimum Gasteiger partial charge on any atom is -0.354 e. The summed E-state index contributed by atoms with van der Waals surface area (Å²) in [4.78, 5) is 26.7. The molecule has 0 radical (unpaired) electrons. The second-order valence-corrected chi connectivity index (χ2v) is 9.78. The van der Waals surface area contributed by atoms with E-state index in [1.807, 2.05) is 18.2 Å². The van der Waals surface area contributed by atoms with Crippen molar-refractivity contribution in [3.05, 3.63) is 47.0 Å². The topological polar surface area (TPSA) is 87.2 Å². The standard InChI is InChI=1S/C24H31N5O2S/c1-16-5-6-18(12-17(16)2)13-25-22(30)15-32-23-10-9-21(27-28-23)29-11-3-4-19(14-29)24(31)26-20-7-8-20/h5-6,9-10,12,19-20H,3-4,7-8,11,13-15H2,1-2H3,(H,25,30)(H,26,31)/t19-/m0/s1. The van der Waals surface area contributed by atoms with E-state index in [1.54, 1.807) is 0 Å². The van der Waals surface area contributed by atoms with E-state index in [2.05, 4.69) is 51.7 Å². The van der Waals surface area contributed by atoms with Crippen LogP contribution in [0.5, 0.6) is 0 Å². The van der Waals surface area contributed by atoms with E-state index in [-0.39, 0.29) is 17.7 Å². The van der Waals surface area contributed by atoms with Gasteiger partial charge in [-0.05, 0) is 68.4 Å². The van der Waals surface area contributed by atoms with Gasteiger partial charge in [0, 0.05) is 25.7 Å². The van der Waals surface area contributed by atoms with Crippen molar-refractivity contribution in [1.29, 1.82) is 0 Å². The van der Waals surface area contributed by atoms with Crippen molar-refractivity contribution in [2.45, 2.75) is 57.1 Å². The summed E-state index contributed by atoms with van der Waals surface area (Å²) in [5, 5.41) is 15.4. The summed E-state index contributed by atoms with van der Waals surface area (Å²) < 4.78 is 0. The third-order valence-electron chi connectivity index (χ3n) is 6.08. The summed E-state index contributed by atoms with van der Waals surface area (Å²) >= 11 is 1.38. The van der Waals surface area contributed by atoms with E-state index >= 15 is 0 Å². The van der Waals surface area contributed by atoms with Gasteiger partial charge in [-0.1, -0.05) is 30.0 Å². The smallest absolute Gasteiger partial charge is 0.230 e. The molecular formula is C24H31N5O2S. The SMILES string of the molecule is Cc1ccc(CNC(=O)CSc2ccc(N3CCC[C@H](C(=O)NC4CC4)C3)nn2)cc1C. The molecule has 2 aromatic rings. The van der Waals surface area contributed by atoms with Gasteiger partial charge in [0.2, 0.25) is 11.8 Å². The van der Waals surface area contributed by atoms with E-state index in [4.69, 9.17) is 0 Å². The Morgan fingerprint density at radius 2 is 1.94 bits per heavy atom. The van der Waals surface area contributed by atoms with Crippen molar-refractivity contribution in [1.82, 2.24) is 20.8 Å². The molecule has 2 amide bonds. The van der Waals surface area contributed by atoms with Crippen molar-refractivity contribution in [3.63, 3.8) is 0 Å². The summed E-state index contributed by atoms with van der Waals surface area (Å²) in [5.41, 5.74) is 3.57. The molecule has 1 aromatic heterocycles. The van der Waals surface area contributed by atoms with E-state index in [1.165, 1.54) is 22.9 Å². The first-order valence-electron chi connectivity index (χ1n) is 11.3. The van der Waals surface area contributed by atoms with Gasteiger partial charge >= 0.3 is 0 Å². The zero-order valence-electron chi connectivity index (χ0n) is 18.8. The largest absolute Gasteiger partial charge is 0.354 e. The number of nitrogens with zero attached hydrogens (tertiary/aromatic N) is 3. The highest BCUT2D eigenvalue weighted by Gasteiger charge is 2.30. The molecule has 8 heteroatoms. The Labute approximate surface area is 193 Å². The van der Waals surface area contributed by atoms with Crippen LogP contribution in [0.4, 0.5) is 5.82 Å². The zero-order valence-corrected chi connectivity index (χ0v) is 19.6. The van der Waals surface area contributed by atoms with Crippen LogP contribution in [0.15, 0.2) is 35.4 Å². The molecule has 1 atom stereocenters. The molecule has 32 heavy (non-hydrogen) atoms. The Morgan fingerprint density at radius 3 is 2.66 bits per heavy atom. The maximum Gasteiger partial charge on any atom is 0.230 e. The predicted molar refractivity (Wildman–Crippen MR) is 127 cm³/mol. The van der Waals surface area contributed by atoms with E-state index < -0.39 is 0 Å². The molecule has 0 bridgehead atoms. The number of benzene rings is 1. The lowest BCUT2D eigenvalue weighted by atomic mass is 9.97. The average molecular weight is 454 g/mol. The average Bonchev–Trinajstić information content (AvgIpc) is 3.63. The van der Waals surface area contributed by atoms with Gasteiger partial charge in [0.25, 0.3) is 0 Å². The highest BCUT2D eigenvalue weighted by molar-refractivity contribution is 7.99. The molecule has 0 spiro atoms. The number of carbonyl (C=O) groups excluding carboxylic acids is 2. The van der Waals surface area contributed by atoms with Crippen LogP contribution < -0.4 is 15.5 Å². The fraction of sp³-hybridized carbons (Fsp3) is 0.500. The summed E-state index contributed by atoms with van der Waals surface area (Å²) in [7, 11) is 0. The van der Waals surface area contributed by atoms with Gasteiger partial charge in [-0.2, -0.15) is 0 Å². The zero-order chi connectivity index (χ0) is 22.5. The number of rotatable bonds is 8. The van der Waals surface area contributed by atoms with Crippen molar-refractivity contribution in [2.75, 3.05) is 23.7 Å². The van der Waals surface area contributed by atoms with E-state index in [9.17, 15) is 9.59 Å². The molecule has 1 saturated heterocycles. The van der Waals surface area contributed by atoms with E-state index in [0.717, 1.165) is 48.6 Å². The van der Waals surface area contributed by atoms with Gasteiger partial charge in [0.1, 0.15) is 5.03 Å². The molecule has 1 aliphatic carbocycles. The predicted octanol–water partition coefficient (Wildman–Crippen LogP) is 3.00. The lowest BCUT2D eigenvalue weighted by Gasteiger charge is -2.32. The molecule has 2 fully saturated rings. The fourth-order valence-corrected chi connectivity index (χ4v) is 4.45. The van der Waals surface area contributed by atoms with Gasteiger partial charge in [-0.15, -0.1) is 10.2 Å². The van der Waals surface area contributed by atoms with Crippen LogP contribution in [0.1, 0.15) is 42.4 Å². The first-order valence-corrected chi connectivity index (χ1v) is 12.3. The third-order valence-corrected chi connectivity index (χ3v) is 7.00. The van der Waals surface area contributed by atoms with Crippen LogP contribution in [-0.2, 0) is 16.1 Å². The number of hydrogen-bond acceptors (Lipinski definition) is 6. The van der Waals surface area contributed by atoms with Crippen molar-refractivity contribution in [2.24, 2.45) is 5.92 Å². The monoisotopic (exact) mass is 453 g/mol. The highest BCUT2D eigenvalue weighted by atomic mass is 32.2. The second kappa shape index (κ2) is 10.3. The molecule has 1 aliphatic heterocycles. The van der Waals surface area contributed by atoms with Crippen molar-refractivity contribution < 1.29 is 9.59 Å².